The van der Waals surface area contributed by atoms with Gasteiger partial charge in [-0.3, -0.25) is 0 Å². The Hall–Kier alpha value is -1.19. The van der Waals surface area contributed by atoms with Crippen molar-refractivity contribution >= 4 is 11.3 Å². The molecule has 2 aromatic rings. The molecule has 0 aliphatic rings. The predicted octanol–water partition coefficient (Wildman–Crippen LogP) is 3.60. The van der Waals surface area contributed by atoms with Gasteiger partial charge in [0.1, 0.15) is 0 Å². The van der Waals surface area contributed by atoms with E-state index in [1.54, 1.807) is 11.3 Å². The Labute approximate surface area is 107 Å². The summed E-state index contributed by atoms with van der Waals surface area (Å²) in [7, 11) is 0. The van der Waals surface area contributed by atoms with E-state index in [9.17, 15) is 0 Å². The first-order valence-corrected chi connectivity index (χ1v) is 6.88. The second-order valence-electron chi connectivity index (χ2n) is 4.35. The molecular weight excluding hydrogens is 228 g/mol. The largest absolute Gasteiger partial charge is 0.308 e. The Morgan fingerprint density at radius 1 is 1.24 bits per heavy atom. The van der Waals surface area contributed by atoms with Crippen LogP contribution in [0.4, 0.5) is 0 Å². The Kier molecular flexibility index (Phi) is 4.29. The molecule has 2 unspecified atom stereocenters. The monoisotopic (exact) mass is 246 g/mol. The summed E-state index contributed by atoms with van der Waals surface area (Å²) in [6.45, 7) is 5.38. The van der Waals surface area contributed by atoms with Crippen LogP contribution in [0.2, 0.25) is 0 Å². The summed E-state index contributed by atoms with van der Waals surface area (Å²) in [6.07, 6.45) is 0. The van der Waals surface area contributed by atoms with Crippen LogP contribution < -0.4 is 5.32 Å². The quantitative estimate of drug-likeness (QED) is 0.872. The maximum absolute atomic E-state index is 4.32. The van der Waals surface area contributed by atoms with Crippen molar-refractivity contribution in [3.05, 3.63) is 52.5 Å². The highest BCUT2D eigenvalue weighted by Crippen LogP contribution is 2.16. The Bertz CT molecular complexity index is 425. The molecule has 17 heavy (non-hydrogen) atoms. The van der Waals surface area contributed by atoms with Crippen molar-refractivity contribution < 1.29 is 0 Å². The molecular formula is C14H18N2S. The molecule has 0 saturated heterocycles. The van der Waals surface area contributed by atoms with Gasteiger partial charge in [-0.05, 0) is 18.4 Å². The molecule has 2 rings (SSSR count). The van der Waals surface area contributed by atoms with Gasteiger partial charge in [0, 0.05) is 18.0 Å². The third-order valence-corrected chi connectivity index (χ3v) is 3.60. The summed E-state index contributed by atoms with van der Waals surface area (Å²) >= 11 is 1.65. The SMILES string of the molecule is CC(CNC(C)c1cscn1)c1ccccc1. The fourth-order valence-corrected chi connectivity index (χ4v) is 2.44. The van der Waals surface area contributed by atoms with Crippen LogP contribution in [0.15, 0.2) is 41.2 Å². The highest BCUT2D eigenvalue weighted by molar-refractivity contribution is 7.07. The first-order valence-electron chi connectivity index (χ1n) is 5.94. The third kappa shape index (κ3) is 3.38. The average Bonchev–Trinajstić information content (AvgIpc) is 2.90. The van der Waals surface area contributed by atoms with E-state index >= 15 is 0 Å². The molecule has 0 radical (unpaired) electrons. The van der Waals surface area contributed by atoms with Gasteiger partial charge in [-0.15, -0.1) is 11.3 Å². The lowest BCUT2D eigenvalue weighted by Gasteiger charge is -2.16. The lowest BCUT2D eigenvalue weighted by atomic mass is 10.0. The summed E-state index contributed by atoms with van der Waals surface area (Å²) in [4.78, 5) is 4.32. The van der Waals surface area contributed by atoms with Crippen molar-refractivity contribution in [1.82, 2.24) is 10.3 Å². The second-order valence-corrected chi connectivity index (χ2v) is 5.07. The Morgan fingerprint density at radius 3 is 2.65 bits per heavy atom. The molecule has 1 aromatic heterocycles. The number of nitrogens with zero attached hydrogens (tertiary/aromatic N) is 1. The lowest BCUT2D eigenvalue weighted by molar-refractivity contribution is 0.529. The minimum Gasteiger partial charge on any atom is -0.308 e. The number of benzene rings is 1. The number of thiazole rings is 1. The van der Waals surface area contributed by atoms with Gasteiger partial charge >= 0.3 is 0 Å². The first-order chi connectivity index (χ1) is 8.27. The molecule has 0 aliphatic heterocycles. The summed E-state index contributed by atoms with van der Waals surface area (Å²) < 4.78 is 0. The van der Waals surface area contributed by atoms with Gasteiger partial charge in [0.25, 0.3) is 0 Å². The van der Waals surface area contributed by atoms with Crippen LogP contribution in [-0.2, 0) is 0 Å². The van der Waals surface area contributed by atoms with Gasteiger partial charge in [0.05, 0.1) is 11.2 Å². The van der Waals surface area contributed by atoms with E-state index in [0.29, 0.717) is 12.0 Å². The minimum atomic E-state index is 0.326. The minimum absolute atomic E-state index is 0.326. The van der Waals surface area contributed by atoms with E-state index in [0.717, 1.165) is 12.2 Å². The highest BCUT2D eigenvalue weighted by atomic mass is 32.1. The Balaban J connectivity index is 1.86. The topological polar surface area (TPSA) is 24.9 Å². The van der Waals surface area contributed by atoms with Crippen LogP contribution in [-0.4, -0.2) is 11.5 Å². The summed E-state index contributed by atoms with van der Waals surface area (Å²) in [5.41, 5.74) is 4.40. The first kappa shape index (κ1) is 12.3. The number of aromatic nitrogens is 1. The number of hydrogen-bond acceptors (Lipinski definition) is 3. The zero-order valence-corrected chi connectivity index (χ0v) is 11.1. The third-order valence-electron chi connectivity index (χ3n) is 2.99. The van der Waals surface area contributed by atoms with Crippen molar-refractivity contribution in [1.29, 1.82) is 0 Å². The maximum atomic E-state index is 4.32. The molecule has 1 aromatic carbocycles. The lowest BCUT2D eigenvalue weighted by Crippen LogP contribution is -2.23. The van der Waals surface area contributed by atoms with Crippen molar-refractivity contribution in [2.24, 2.45) is 0 Å². The van der Waals surface area contributed by atoms with E-state index in [4.69, 9.17) is 0 Å². The van der Waals surface area contributed by atoms with E-state index in [1.807, 2.05) is 5.51 Å². The van der Waals surface area contributed by atoms with Crippen molar-refractivity contribution in [2.75, 3.05) is 6.54 Å². The Morgan fingerprint density at radius 2 is 2.00 bits per heavy atom. The smallest absolute Gasteiger partial charge is 0.0795 e. The van der Waals surface area contributed by atoms with Crippen LogP contribution in [0.3, 0.4) is 0 Å². The van der Waals surface area contributed by atoms with Gasteiger partial charge in [0.2, 0.25) is 0 Å². The highest BCUT2D eigenvalue weighted by Gasteiger charge is 2.09. The summed E-state index contributed by atoms with van der Waals surface area (Å²) in [5.74, 6) is 0.525. The number of rotatable bonds is 5. The van der Waals surface area contributed by atoms with Crippen LogP contribution in [0.1, 0.15) is 37.1 Å². The van der Waals surface area contributed by atoms with Crippen LogP contribution >= 0.6 is 11.3 Å². The van der Waals surface area contributed by atoms with Crippen LogP contribution in [0.5, 0.6) is 0 Å². The standard InChI is InChI=1S/C14H18N2S/c1-11(13-6-4-3-5-7-13)8-15-12(2)14-9-17-10-16-14/h3-7,9-12,15H,8H2,1-2H3. The van der Waals surface area contributed by atoms with Crippen LogP contribution in [0, 0.1) is 0 Å². The fourth-order valence-electron chi connectivity index (χ4n) is 1.79. The molecule has 2 nitrogen and oxygen atoms in total. The summed E-state index contributed by atoms with van der Waals surface area (Å²) in [6, 6.07) is 10.9. The normalized spacial score (nSPS) is 14.5. The predicted molar refractivity (Wildman–Crippen MR) is 73.4 cm³/mol. The zero-order valence-electron chi connectivity index (χ0n) is 10.3. The zero-order chi connectivity index (χ0) is 12.1. The molecule has 1 N–H and O–H groups in total. The van der Waals surface area contributed by atoms with Crippen molar-refractivity contribution in [2.45, 2.75) is 25.8 Å². The van der Waals surface area contributed by atoms with Gasteiger partial charge in [0.15, 0.2) is 0 Å². The molecule has 90 valence electrons. The molecule has 0 bridgehead atoms. The second kappa shape index (κ2) is 5.94. The molecule has 3 heteroatoms. The van der Waals surface area contributed by atoms with Crippen molar-refractivity contribution in [3.63, 3.8) is 0 Å². The van der Waals surface area contributed by atoms with E-state index in [1.165, 1.54) is 5.56 Å². The number of hydrogen-bond donors (Lipinski definition) is 1. The fraction of sp³-hybridized carbons (Fsp3) is 0.357. The molecule has 0 aliphatic carbocycles. The van der Waals surface area contributed by atoms with Gasteiger partial charge < -0.3 is 5.32 Å². The average molecular weight is 246 g/mol. The molecule has 1 heterocycles. The molecule has 0 amide bonds. The van der Waals surface area contributed by atoms with Crippen molar-refractivity contribution in [3.8, 4) is 0 Å². The van der Waals surface area contributed by atoms with E-state index < -0.39 is 0 Å². The van der Waals surface area contributed by atoms with Gasteiger partial charge in [-0.2, -0.15) is 0 Å². The summed E-state index contributed by atoms with van der Waals surface area (Å²) in [5, 5.41) is 5.63. The van der Waals surface area contributed by atoms with E-state index in [-0.39, 0.29) is 0 Å². The number of nitrogens with one attached hydrogen (secondary N) is 1. The molecule has 0 saturated carbocycles. The van der Waals surface area contributed by atoms with E-state index in [2.05, 4.69) is 59.9 Å². The van der Waals surface area contributed by atoms with Gasteiger partial charge in [-0.1, -0.05) is 37.3 Å². The molecule has 0 spiro atoms. The molecule has 0 fully saturated rings. The molecule has 2 atom stereocenters. The van der Waals surface area contributed by atoms with Crippen LogP contribution in [0.25, 0.3) is 0 Å². The van der Waals surface area contributed by atoms with Gasteiger partial charge in [-0.25, -0.2) is 4.98 Å². The maximum Gasteiger partial charge on any atom is 0.0795 e.